The van der Waals surface area contributed by atoms with Crippen LogP contribution in [0.3, 0.4) is 0 Å². The molecular weight excluding hydrogens is 368 g/mol. The van der Waals surface area contributed by atoms with Crippen LogP contribution in [-0.4, -0.2) is 14.8 Å². The van der Waals surface area contributed by atoms with Crippen LogP contribution in [0, 0.1) is 11.6 Å². The Hall–Kier alpha value is -2.79. The quantitative estimate of drug-likeness (QED) is 0.420. The van der Waals surface area contributed by atoms with Gasteiger partial charge < -0.3 is 0 Å². The zero-order valence-electron chi connectivity index (χ0n) is 14.2. The van der Waals surface area contributed by atoms with Crippen molar-refractivity contribution in [3.63, 3.8) is 0 Å². The van der Waals surface area contributed by atoms with Gasteiger partial charge in [0, 0.05) is 41.0 Å². The number of hydrogen-bond donors (Lipinski definition) is 0. The van der Waals surface area contributed by atoms with Crippen LogP contribution < -0.4 is 0 Å². The van der Waals surface area contributed by atoms with Crippen LogP contribution in [0.2, 0.25) is 5.02 Å². The molecule has 3 heterocycles. The highest BCUT2D eigenvalue weighted by molar-refractivity contribution is 6.31. The maximum atomic E-state index is 14.6. The third-order valence-electron chi connectivity index (χ3n) is 5.00. The highest BCUT2D eigenvalue weighted by atomic mass is 35.5. The molecule has 0 amide bonds. The van der Waals surface area contributed by atoms with E-state index in [0.29, 0.717) is 5.69 Å². The molecule has 0 bridgehead atoms. The van der Waals surface area contributed by atoms with E-state index < -0.39 is 11.6 Å². The topological polar surface area (TPSA) is 30.7 Å². The molecule has 2 aromatic heterocycles. The molecule has 0 fully saturated rings. The summed E-state index contributed by atoms with van der Waals surface area (Å²) in [7, 11) is 0. The lowest BCUT2D eigenvalue weighted by atomic mass is 9.96. The van der Waals surface area contributed by atoms with E-state index in [1.165, 1.54) is 6.07 Å². The van der Waals surface area contributed by atoms with Gasteiger partial charge in [0.05, 0.1) is 10.5 Å². The van der Waals surface area contributed by atoms with E-state index in [9.17, 15) is 8.78 Å². The number of aryl methyl sites for hydroxylation is 1. The third-order valence-corrected chi connectivity index (χ3v) is 5.29. The molecule has 134 valence electrons. The van der Waals surface area contributed by atoms with E-state index in [-0.39, 0.29) is 10.6 Å². The first-order valence-corrected chi connectivity index (χ1v) is 9.09. The molecule has 27 heavy (non-hydrogen) atoms. The molecule has 0 saturated heterocycles. The van der Waals surface area contributed by atoms with E-state index in [2.05, 4.69) is 10.1 Å². The van der Waals surface area contributed by atoms with E-state index in [1.807, 2.05) is 35.0 Å². The lowest BCUT2D eigenvalue weighted by Crippen LogP contribution is -1.95. The van der Waals surface area contributed by atoms with Gasteiger partial charge in [0.2, 0.25) is 0 Å². The van der Waals surface area contributed by atoms with Crippen LogP contribution >= 0.6 is 11.6 Å². The summed E-state index contributed by atoms with van der Waals surface area (Å²) in [6, 6.07) is 12.0. The number of hydrogen-bond acceptors (Lipinski definition) is 2. The van der Waals surface area contributed by atoms with Crippen LogP contribution in [0.4, 0.5) is 8.78 Å². The van der Waals surface area contributed by atoms with E-state index in [1.54, 1.807) is 6.20 Å². The number of pyridine rings is 1. The second kappa shape index (κ2) is 6.13. The third kappa shape index (κ3) is 2.61. The monoisotopic (exact) mass is 381 g/mol. The molecule has 1 aliphatic rings. The van der Waals surface area contributed by atoms with Crippen LogP contribution in [0.1, 0.15) is 12.1 Å². The summed E-state index contributed by atoms with van der Waals surface area (Å²) in [4.78, 5) is 4.35. The van der Waals surface area contributed by atoms with Crippen molar-refractivity contribution in [2.45, 2.75) is 19.4 Å². The van der Waals surface area contributed by atoms with Crippen molar-refractivity contribution < 1.29 is 8.78 Å². The van der Waals surface area contributed by atoms with Gasteiger partial charge in [-0.2, -0.15) is 5.10 Å². The lowest BCUT2D eigenvalue weighted by molar-refractivity contribution is 0.584. The van der Waals surface area contributed by atoms with E-state index in [4.69, 9.17) is 11.6 Å². The first-order chi connectivity index (χ1) is 13.1. The van der Waals surface area contributed by atoms with Crippen LogP contribution in [0.25, 0.3) is 33.3 Å². The number of aromatic nitrogens is 3. The molecular formula is C21H14ClF2N3. The Kier molecular flexibility index (Phi) is 3.72. The molecule has 0 spiro atoms. The Morgan fingerprint density at radius 2 is 1.93 bits per heavy atom. The van der Waals surface area contributed by atoms with Gasteiger partial charge in [-0.1, -0.05) is 23.7 Å². The average molecular weight is 382 g/mol. The fourth-order valence-corrected chi connectivity index (χ4v) is 3.92. The Morgan fingerprint density at radius 3 is 2.81 bits per heavy atom. The van der Waals surface area contributed by atoms with E-state index >= 15 is 0 Å². The van der Waals surface area contributed by atoms with Crippen molar-refractivity contribution in [1.29, 1.82) is 0 Å². The van der Waals surface area contributed by atoms with E-state index in [0.717, 1.165) is 53.2 Å². The number of nitrogens with zero attached hydrogens (tertiary/aromatic N) is 3. The Bertz CT molecular complexity index is 1200. The van der Waals surface area contributed by atoms with Crippen LogP contribution in [0.5, 0.6) is 0 Å². The van der Waals surface area contributed by atoms with Gasteiger partial charge in [-0.15, -0.1) is 0 Å². The number of rotatable bonds is 2. The zero-order valence-corrected chi connectivity index (χ0v) is 15.0. The minimum Gasteiger partial charge on any atom is -0.268 e. The maximum Gasteiger partial charge on any atom is 0.144 e. The Balaban J connectivity index is 1.78. The standard InChI is InChI=1S/C21H14ClF2N3/c22-15-10-14(16(23)11-17(15)24)21-20(19-4-2-8-27(19)26-21)13-5-6-18-12(9-13)3-1-7-25-18/h1,3,5-7,9-11H,2,4,8H2. The highest BCUT2D eigenvalue weighted by Gasteiger charge is 2.26. The fourth-order valence-electron chi connectivity index (χ4n) is 3.76. The highest BCUT2D eigenvalue weighted by Crippen LogP contribution is 2.40. The van der Waals surface area contributed by atoms with Crippen molar-refractivity contribution in [3.8, 4) is 22.4 Å². The predicted octanol–water partition coefficient (Wildman–Crippen LogP) is 5.64. The summed E-state index contributed by atoms with van der Waals surface area (Å²) in [6.07, 6.45) is 3.61. The summed E-state index contributed by atoms with van der Waals surface area (Å²) in [5, 5.41) is 5.51. The first kappa shape index (κ1) is 16.4. The maximum absolute atomic E-state index is 14.6. The van der Waals surface area contributed by atoms with Gasteiger partial charge >= 0.3 is 0 Å². The number of benzene rings is 2. The Labute approximate surface area is 159 Å². The van der Waals surface area contributed by atoms with Crippen LogP contribution in [-0.2, 0) is 13.0 Å². The summed E-state index contributed by atoms with van der Waals surface area (Å²) < 4.78 is 30.1. The summed E-state index contributed by atoms with van der Waals surface area (Å²) in [6.45, 7) is 0.786. The van der Waals surface area contributed by atoms with Crippen molar-refractivity contribution in [3.05, 3.63) is 71.0 Å². The Morgan fingerprint density at radius 1 is 1.04 bits per heavy atom. The van der Waals surface area contributed by atoms with Gasteiger partial charge in [0.15, 0.2) is 0 Å². The number of fused-ring (bicyclic) bond motifs is 2. The van der Waals surface area contributed by atoms with Gasteiger partial charge in [-0.05, 0) is 42.7 Å². The minimum absolute atomic E-state index is 0.117. The average Bonchev–Trinajstić information content (AvgIpc) is 3.25. The van der Waals surface area contributed by atoms with Gasteiger partial charge in [0.25, 0.3) is 0 Å². The van der Waals surface area contributed by atoms with Crippen molar-refractivity contribution in [2.75, 3.05) is 0 Å². The molecule has 0 atom stereocenters. The minimum atomic E-state index is -0.775. The zero-order chi connectivity index (χ0) is 18.5. The smallest absolute Gasteiger partial charge is 0.144 e. The second-order valence-electron chi connectivity index (χ2n) is 6.65. The molecule has 0 N–H and O–H groups in total. The molecule has 2 aromatic carbocycles. The van der Waals surface area contributed by atoms with Crippen molar-refractivity contribution in [2.24, 2.45) is 0 Å². The van der Waals surface area contributed by atoms with Gasteiger partial charge in [0.1, 0.15) is 17.3 Å². The lowest BCUT2D eigenvalue weighted by Gasteiger charge is -2.08. The SMILES string of the molecule is Fc1cc(F)c(-c2nn3c(c2-c2ccc4ncccc4c2)CCC3)cc1Cl. The molecule has 6 heteroatoms. The predicted molar refractivity (Wildman–Crippen MR) is 102 cm³/mol. The van der Waals surface area contributed by atoms with Gasteiger partial charge in [-0.3, -0.25) is 9.67 Å². The molecule has 0 saturated carbocycles. The summed E-state index contributed by atoms with van der Waals surface area (Å²) in [5.41, 5.74) is 4.47. The fraction of sp³-hybridized carbons (Fsp3) is 0.143. The molecule has 3 nitrogen and oxygen atoms in total. The largest absolute Gasteiger partial charge is 0.268 e. The molecule has 0 unspecified atom stereocenters. The van der Waals surface area contributed by atoms with Crippen LogP contribution in [0.15, 0.2) is 48.7 Å². The van der Waals surface area contributed by atoms with Gasteiger partial charge in [-0.25, -0.2) is 8.78 Å². The molecule has 4 aromatic rings. The first-order valence-electron chi connectivity index (χ1n) is 8.71. The van der Waals surface area contributed by atoms with Crippen molar-refractivity contribution >= 4 is 22.5 Å². The normalized spacial score (nSPS) is 13.3. The summed E-state index contributed by atoms with van der Waals surface area (Å²) >= 11 is 5.92. The van der Waals surface area contributed by atoms with Crippen molar-refractivity contribution in [1.82, 2.24) is 14.8 Å². The number of halogens is 3. The summed E-state index contributed by atoms with van der Waals surface area (Å²) in [5.74, 6) is -1.44. The molecule has 0 radical (unpaired) electrons. The molecule has 5 rings (SSSR count). The molecule has 1 aliphatic heterocycles. The second-order valence-corrected chi connectivity index (χ2v) is 7.06. The molecule has 0 aliphatic carbocycles.